The third-order valence-electron chi connectivity index (χ3n) is 2.99. The second-order valence-electron chi connectivity index (χ2n) is 4.39. The van der Waals surface area contributed by atoms with Crippen LogP contribution in [-0.2, 0) is 22.5 Å². The van der Waals surface area contributed by atoms with E-state index in [2.05, 4.69) is 10.1 Å². The predicted molar refractivity (Wildman–Crippen MR) is 75.9 cm³/mol. The zero-order valence-electron chi connectivity index (χ0n) is 11.2. The van der Waals surface area contributed by atoms with Crippen molar-refractivity contribution in [3.63, 3.8) is 0 Å². The number of esters is 1. The van der Waals surface area contributed by atoms with Crippen molar-refractivity contribution in [2.45, 2.75) is 13.0 Å². The van der Waals surface area contributed by atoms with E-state index in [1.807, 2.05) is 24.3 Å². The van der Waals surface area contributed by atoms with Crippen LogP contribution in [0.3, 0.4) is 0 Å². The fraction of sp³-hybridized carbons (Fsp3) is 0.188. The molecule has 0 aromatic heterocycles. The lowest BCUT2D eigenvalue weighted by molar-refractivity contribution is -0.139. The van der Waals surface area contributed by atoms with Crippen LogP contribution >= 0.6 is 0 Å². The molecule has 104 valence electrons. The molecule has 0 unspecified atom stereocenters. The van der Waals surface area contributed by atoms with E-state index < -0.39 is 0 Å². The number of carbonyl (C=O) groups excluding carboxylic acids is 1. The van der Waals surface area contributed by atoms with Crippen molar-refractivity contribution >= 4 is 11.7 Å². The minimum absolute atomic E-state index is 0.234. The first-order valence-corrected chi connectivity index (χ1v) is 6.32. The third-order valence-corrected chi connectivity index (χ3v) is 2.99. The van der Waals surface area contributed by atoms with E-state index in [9.17, 15) is 9.18 Å². The summed E-state index contributed by atoms with van der Waals surface area (Å²) in [5, 5.41) is 3.14. The molecule has 0 atom stereocenters. The van der Waals surface area contributed by atoms with Crippen LogP contribution in [0.2, 0.25) is 0 Å². The number of benzene rings is 2. The summed E-state index contributed by atoms with van der Waals surface area (Å²) in [6.07, 6.45) is 0.234. The second kappa shape index (κ2) is 6.70. The van der Waals surface area contributed by atoms with E-state index >= 15 is 0 Å². The van der Waals surface area contributed by atoms with Crippen molar-refractivity contribution in [3.8, 4) is 0 Å². The summed E-state index contributed by atoms with van der Waals surface area (Å²) in [6, 6.07) is 13.9. The molecule has 0 amide bonds. The number of hydrogen-bond acceptors (Lipinski definition) is 3. The van der Waals surface area contributed by atoms with Crippen molar-refractivity contribution in [1.29, 1.82) is 0 Å². The number of halogens is 1. The van der Waals surface area contributed by atoms with Crippen LogP contribution in [0.25, 0.3) is 0 Å². The fourth-order valence-corrected chi connectivity index (χ4v) is 1.93. The first-order valence-electron chi connectivity index (χ1n) is 6.32. The van der Waals surface area contributed by atoms with Gasteiger partial charge in [0.15, 0.2) is 0 Å². The Morgan fingerprint density at radius 3 is 2.60 bits per heavy atom. The van der Waals surface area contributed by atoms with E-state index in [0.717, 1.165) is 11.1 Å². The molecule has 4 heteroatoms. The van der Waals surface area contributed by atoms with Crippen molar-refractivity contribution in [1.82, 2.24) is 0 Å². The molecule has 0 radical (unpaired) electrons. The fourth-order valence-electron chi connectivity index (χ4n) is 1.93. The minimum atomic E-state index is -0.280. The molecule has 0 saturated heterocycles. The summed E-state index contributed by atoms with van der Waals surface area (Å²) in [7, 11) is 1.37. The Hall–Kier alpha value is -2.36. The van der Waals surface area contributed by atoms with E-state index in [4.69, 9.17) is 0 Å². The van der Waals surface area contributed by atoms with Gasteiger partial charge in [0.05, 0.1) is 13.5 Å². The van der Waals surface area contributed by atoms with Gasteiger partial charge in [-0.25, -0.2) is 4.39 Å². The summed E-state index contributed by atoms with van der Waals surface area (Å²) in [5.74, 6) is -0.555. The summed E-state index contributed by atoms with van der Waals surface area (Å²) in [5.41, 5.74) is 2.60. The lowest BCUT2D eigenvalue weighted by Crippen LogP contribution is -2.09. The number of carbonyl (C=O) groups is 1. The Balaban J connectivity index is 2.07. The van der Waals surface area contributed by atoms with Gasteiger partial charge in [-0.2, -0.15) is 0 Å². The zero-order valence-corrected chi connectivity index (χ0v) is 11.2. The molecule has 0 saturated carbocycles. The van der Waals surface area contributed by atoms with Gasteiger partial charge in [0.1, 0.15) is 5.82 Å². The third kappa shape index (κ3) is 3.82. The lowest BCUT2D eigenvalue weighted by atomic mass is 10.0. The quantitative estimate of drug-likeness (QED) is 0.850. The second-order valence-corrected chi connectivity index (χ2v) is 4.39. The van der Waals surface area contributed by atoms with Gasteiger partial charge >= 0.3 is 5.97 Å². The van der Waals surface area contributed by atoms with Gasteiger partial charge in [-0.1, -0.05) is 30.3 Å². The maximum atomic E-state index is 13.1. The van der Waals surface area contributed by atoms with Crippen molar-refractivity contribution in [2.24, 2.45) is 0 Å². The molecular formula is C16H16FNO2. The van der Waals surface area contributed by atoms with Gasteiger partial charge in [-0.3, -0.25) is 4.79 Å². The first-order chi connectivity index (χ1) is 9.69. The Bertz CT molecular complexity index is 599. The summed E-state index contributed by atoms with van der Waals surface area (Å²) in [4.78, 5) is 11.4. The highest BCUT2D eigenvalue weighted by Crippen LogP contribution is 2.14. The van der Waals surface area contributed by atoms with Gasteiger partial charge in [0, 0.05) is 12.2 Å². The van der Waals surface area contributed by atoms with Crippen LogP contribution in [0.15, 0.2) is 48.5 Å². The molecule has 2 rings (SSSR count). The Kier molecular flexibility index (Phi) is 4.71. The van der Waals surface area contributed by atoms with Crippen LogP contribution in [0, 0.1) is 5.82 Å². The number of nitrogens with one attached hydrogen (secondary N) is 1. The van der Waals surface area contributed by atoms with E-state index in [1.54, 1.807) is 12.1 Å². The molecule has 0 spiro atoms. The molecule has 1 N–H and O–H groups in total. The maximum Gasteiger partial charge on any atom is 0.309 e. The number of methoxy groups -OCH3 is 1. The standard InChI is InChI=1S/C16H16FNO2/c1-20-16(19)9-12-5-2-3-6-13(12)11-18-15-8-4-7-14(17)10-15/h2-8,10,18H,9,11H2,1H3. The van der Waals surface area contributed by atoms with Crippen LogP contribution in [0.4, 0.5) is 10.1 Å². The highest BCUT2D eigenvalue weighted by atomic mass is 19.1. The number of rotatable bonds is 5. The molecule has 0 aliphatic carbocycles. The molecule has 0 heterocycles. The van der Waals surface area contributed by atoms with Crippen molar-refractivity contribution in [2.75, 3.05) is 12.4 Å². The van der Waals surface area contributed by atoms with Gasteiger partial charge in [-0.05, 0) is 29.3 Å². The molecule has 2 aromatic rings. The molecule has 0 aliphatic heterocycles. The topological polar surface area (TPSA) is 38.3 Å². The zero-order chi connectivity index (χ0) is 14.4. The predicted octanol–water partition coefficient (Wildman–Crippen LogP) is 3.15. The largest absolute Gasteiger partial charge is 0.469 e. The van der Waals surface area contributed by atoms with E-state index in [1.165, 1.54) is 19.2 Å². The molecule has 20 heavy (non-hydrogen) atoms. The molecular weight excluding hydrogens is 257 g/mol. The first kappa shape index (κ1) is 14.1. The van der Waals surface area contributed by atoms with Gasteiger partial charge in [0.2, 0.25) is 0 Å². The van der Waals surface area contributed by atoms with Gasteiger partial charge in [-0.15, -0.1) is 0 Å². The van der Waals surface area contributed by atoms with Crippen LogP contribution < -0.4 is 5.32 Å². The van der Waals surface area contributed by atoms with Crippen LogP contribution in [0.5, 0.6) is 0 Å². The SMILES string of the molecule is COC(=O)Cc1ccccc1CNc1cccc(F)c1. The summed E-state index contributed by atoms with van der Waals surface area (Å²) in [6.45, 7) is 0.524. The molecule has 2 aromatic carbocycles. The smallest absolute Gasteiger partial charge is 0.309 e. The minimum Gasteiger partial charge on any atom is -0.469 e. The lowest BCUT2D eigenvalue weighted by Gasteiger charge is -2.11. The van der Waals surface area contributed by atoms with Gasteiger partial charge in [0.25, 0.3) is 0 Å². The highest BCUT2D eigenvalue weighted by Gasteiger charge is 2.07. The van der Waals surface area contributed by atoms with Gasteiger partial charge < -0.3 is 10.1 Å². The van der Waals surface area contributed by atoms with Crippen molar-refractivity contribution < 1.29 is 13.9 Å². The molecule has 0 fully saturated rings. The molecule has 3 nitrogen and oxygen atoms in total. The Morgan fingerprint density at radius 2 is 1.90 bits per heavy atom. The maximum absolute atomic E-state index is 13.1. The van der Waals surface area contributed by atoms with Crippen LogP contribution in [-0.4, -0.2) is 13.1 Å². The average Bonchev–Trinajstić information content (AvgIpc) is 2.46. The Morgan fingerprint density at radius 1 is 1.15 bits per heavy atom. The average molecular weight is 273 g/mol. The van der Waals surface area contributed by atoms with E-state index in [0.29, 0.717) is 12.2 Å². The molecule has 0 bridgehead atoms. The van der Waals surface area contributed by atoms with Crippen molar-refractivity contribution in [3.05, 3.63) is 65.5 Å². The summed E-state index contributed by atoms with van der Waals surface area (Å²) < 4.78 is 17.8. The number of hydrogen-bond donors (Lipinski definition) is 1. The number of anilines is 1. The van der Waals surface area contributed by atoms with Crippen LogP contribution in [0.1, 0.15) is 11.1 Å². The highest BCUT2D eigenvalue weighted by molar-refractivity contribution is 5.72. The normalized spacial score (nSPS) is 10.1. The number of ether oxygens (including phenoxy) is 1. The Labute approximate surface area is 117 Å². The summed E-state index contributed by atoms with van der Waals surface area (Å²) >= 11 is 0. The van der Waals surface area contributed by atoms with E-state index in [-0.39, 0.29) is 18.2 Å². The molecule has 0 aliphatic rings. The monoisotopic (exact) mass is 273 g/mol.